The number of nitrogens with one attached hydrogen (secondary N) is 1. The van der Waals surface area contributed by atoms with Gasteiger partial charge in [-0.1, -0.05) is 78.4 Å². The number of benzene rings is 4. The van der Waals surface area contributed by atoms with Gasteiger partial charge in [0.2, 0.25) is 11.8 Å². The van der Waals surface area contributed by atoms with E-state index in [1.54, 1.807) is 24.3 Å². The van der Waals surface area contributed by atoms with E-state index in [-0.39, 0.29) is 29.5 Å². The van der Waals surface area contributed by atoms with E-state index in [9.17, 15) is 22.4 Å². The van der Waals surface area contributed by atoms with E-state index in [1.807, 2.05) is 88.4 Å². The summed E-state index contributed by atoms with van der Waals surface area (Å²) in [4.78, 5) is 29.6. The molecular weight excluding hydrogens is 577 g/mol. The number of halogens is 1. The lowest BCUT2D eigenvalue weighted by molar-refractivity contribution is -0.140. The van der Waals surface area contributed by atoms with Crippen LogP contribution in [0.2, 0.25) is 0 Å². The Morgan fingerprint density at radius 2 is 1.34 bits per heavy atom. The van der Waals surface area contributed by atoms with Crippen molar-refractivity contribution < 1.29 is 22.4 Å². The summed E-state index contributed by atoms with van der Waals surface area (Å²) in [6.45, 7) is 6.96. The van der Waals surface area contributed by atoms with Gasteiger partial charge in [-0.25, -0.2) is 12.8 Å². The minimum atomic E-state index is -4.30. The zero-order valence-corrected chi connectivity index (χ0v) is 26.2. The molecule has 0 saturated carbocycles. The van der Waals surface area contributed by atoms with Crippen LogP contribution in [-0.2, 0) is 32.6 Å². The summed E-state index contributed by atoms with van der Waals surface area (Å²) in [5, 5.41) is 3.01. The molecule has 0 bridgehead atoms. The van der Waals surface area contributed by atoms with Gasteiger partial charge in [0.25, 0.3) is 10.0 Å². The molecule has 4 rings (SSSR count). The van der Waals surface area contributed by atoms with Gasteiger partial charge in [-0.15, -0.1) is 0 Å². The highest BCUT2D eigenvalue weighted by molar-refractivity contribution is 7.92. The number of rotatable bonds is 11. The second kappa shape index (κ2) is 13.9. The number of sulfonamides is 1. The Balaban J connectivity index is 1.80. The molecule has 9 heteroatoms. The molecule has 0 aliphatic carbocycles. The fraction of sp³-hybridized carbons (Fsp3) is 0.257. The molecule has 1 atom stereocenters. The molecule has 0 aliphatic heterocycles. The largest absolute Gasteiger partial charge is 0.350 e. The van der Waals surface area contributed by atoms with E-state index in [4.69, 9.17) is 0 Å². The summed E-state index contributed by atoms with van der Waals surface area (Å²) < 4.78 is 42.7. The van der Waals surface area contributed by atoms with Gasteiger partial charge in [-0.3, -0.25) is 13.9 Å². The fourth-order valence-corrected chi connectivity index (χ4v) is 6.17. The lowest BCUT2D eigenvalue weighted by atomic mass is 10.0. The summed E-state index contributed by atoms with van der Waals surface area (Å²) in [6, 6.07) is 28.9. The van der Waals surface area contributed by atoms with Crippen LogP contribution in [0.1, 0.15) is 37.5 Å². The Labute approximate surface area is 259 Å². The van der Waals surface area contributed by atoms with Crippen molar-refractivity contribution in [3.05, 3.63) is 132 Å². The minimum Gasteiger partial charge on any atom is -0.350 e. The van der Waals surface area contributed by atoms with E-state index in [2.05, 4.69) is 5.32 Å². The maximum absolute atomic E-state index is 14.4. The highest BCUT2D eigenvalue weighted by Crippen LogP contribution is 2.26. The van der Waals surface area contributed by atoms with Crippen LogP contribution in [0, 0.1) is 12.7 Å². The maximum Gasteiger partial charge on any atom is 0.264 e. The fourth-order valence-electron chi connectivity index (χ4n) is 4.76. The average Bonchev–Trinajstić information content (AvgIpc) is 2.98. The van der Waals surface area contributed by atoms with Crippen LogP contribution in [0.15, 0.2) is 114 Å². The molecular formula is C35H38FN3O4S. The molecule has 0 fully saturated rings. The molecule has 4 aromatic rings. The smallest absolute Gasteiger partial charge is 0.264 e. The summed E-state index contributed by atoms with van der Waals surface area (Å²) >= 11 is 0. The van der Waals surface area contributed by atoms with E-state index < -0.39 is 39.9 Å². The summed E-state index contributed by atoms with van der Waals surface area (Å²) in [5.41, 5.74) is 2.23. The standard InChI is InChI=1S/C35H38FN3O4S/c1-26-15-19-30(20-16-26)39(44(42,43)31-21-17-29(36)18-22-31)25-33(40)38(24-28-13-9-6-10-14-28)32(34(41)37-35(2,3)4)23-27-11-7-5-8-12-27/h5-22,32H,23-25H2,1-4H3,(H,37,41)/t32-/m0/s1. The van der Waals surface area contributed by atoms with Crippen LogP contribution in [-0.4, -0.2) is 43.3 Å². The SMILES string of the molecule is Cc1ccc(N(CC(=O)N(Cc2ccccc2)[C@@H](Cc2ccccc2)C(=O)NC(C)(C)C)S(=O)(=O)c2ccc(F)cc2)cc1. The van der Waals surface area contributed by atoms with Crippen molar-refractivity contribution in [3.63, 3.8) is 0 Å². The third-order valence-corrected chi connectivity index (χ3v) is 8.76. The molecule has 0 heterocycles. The highest BCUT2D eigenvalue weighted by Gasteiger charge is 2.35. The van der Waals surface area contributed by atoms with Crippen LogP contribution in [0.5, 0.6) is 0 Å². The van der Waals surface area contributed by atoms with Crippen LogP contribution >= 0.6 is 0 Å². The molecule has 2 amide bonds. The predicted octanol–water partition coefficient (Wildman–Crippen LogP) is 5.88. The van der Waals surface area contributed by atoms with Gasteiger partial charge in [-0.05, 0) is 75.2 Å². The lowest BCUT2D eigenvalue weighted by Crippen LogP contribution is -2.56. The molecule has 0 radical (unpaired) electrons. The number of hydrogen-bond acceptors (Lipinski definition) is 4. The van der Waals surface area contributed by atoms with Gasteiger partial charge in [0, 0.05) is 18.5 Å². The van der Waals surface area contributed by atoms with Gasteiger partial charge < -0.3 is 10.2 Å². The molecule has 0 aromatic heterocycles. The Hall–Kier alpha value is -4.50. The van der Waals surface area contributed by atoms with Crippen LogP contribution in [0.3, 0.4) is 0 Å². The van der Waals surface area contributed by atoms with Gasteiger partial charge in [0.05, 0.1) is 10.6 Å². The van der Waals surface area contributed by atoms with Crippen molar-refractivity contribution in [2.75, 3.05) is 10.8 Å². The zero-order valence-electron chi connectivity index (χ0n) is 25.4. The summed E-state index contributed by atoms with van der Waals surface area (Å²) in [6.07, 6.45) is 0.219. The predicted molar refractivity (Wildman–Crippen MR) is 171 cm³/mol. The Kier molecular flexibility index (Phi) is 10.2. The number of anilines is 1. The third kappa shape index (κ3) is 8.54. The van der Waals surface area contributed by atoms with Crippen molar-refractivity contribution in [3.8, 4) is 0 Å². The molecule has 0 saturated heterocycles. The minimum absolute atomic E-state index is 0.0765. The van der Waals surface area contributed by atoms with Crippen molar-refractivity contribution in [2.24, 2.45) is 0 Å². The number of carbonyl (C=O) groups is 2. The van der Waals surface area contributed by atoms with Crippen LogP contribution in [0.4, 0.5) is 10.1 Å². The molecule has 4 aromatic carbocycles. The van der Waals surface area contributed by atoms with Gasteiger partial charge in [0.15, 0.2) is 0 Å². The molecule has 7 nitrogen and oxygen atoms in total. The van der Waals surface area contributed by atoms with Crippen LogP contribution in [0.25, 0.3) is 0 Å². The quantitative estimate of drug-likeness (QED) is 0.228. The zero-order chi connectivity index (χ0) is 31.9. The van der Waals surface area contributed by atoms with Gasteiger partial charge in [0.1, 0.15) is 18.4 Å². The van der Waals surface area contributed by atoms with Crippen molar-refractivity contribution in [1.29, 1.82) is 0 Å². The molecule has 0 aliphatic rings. The van der Waals surface area contributed by atoms with Crippen LogP contribution < -0.4 is 9.62 Å². The van der Waals surface area contributed by atoms with E-state index in [1.165, 1.54) is 17.0 Å². The molecule has 0 unspecified atom stereocenters. The normalized spacial score (nSPS) is 12.3. The number of amides is 2. The Bertz CT molecular complexity index is 1660. The first-order valence-electron chi connectivity index (χ1n) is 14.4. The molecule has 44 heavy (non-hydrogen) atoms. The summed E-state index contributed by atoms with van der Waals surface area (Å²) in [5.74, 6) is -1.50. The first kappa shape index (κ1) is 32.4. The van der Waals surface area contributed by atoms with Gasteiger partial charge in [-0.2, -0.15) is 0 Å². The van der Waals surface area contributed by atoms with Crippen molar-refractivity contribution >= 4 is 27.5 Å². The molecule has 1 N–H and O–H groups in total. The second-order valence-corrected chi connectivity index (χ2v) is 13.6. The van der Waals surface area contributed by atoms with Crippen molar-refractivity contribution in [2.45, 2.75) is 57.1 Å². The van der Waals surface area contributed by atoms with E-state index in [0.717, 1.165) is 33.1 Å². The third-order valence-electron chi connectivity index (χ3n) is 6.97. The topological polar surface area (TPSA) is 86.8 Å². The molecule has 0 spiro atoms. The monoisotopic (exact) mass is 615 g/mol. The first-order chi connectivity index (χ1) is 20.8. The van der Waals surface area contributed by atoms with Crippen molar-refractivity contribution in [1.82, 2.24) is 10.2 Å². The summed E-state index contributed by atoms with van der Waals surface area (Å²) in [7, 11) is -4.30. The second-order valence-electron chi connectivity index (χ2n) is 11.8. The lowest BCUT2D eigenvalue weighted by Gasteiger charge is -2.35. The Morgan fingerprint density at radius 3 is 1.89 bits per heavy atom. The number of hydrogen-bond donors (Lipinski definition) is 1. The molecule has 230 valence electrons. The number of nitrogens with zero attached hydrogens (tertiary/aromatic N) is 2. The first-order valence-corrected chi connectivity index (χ1v) is 15.8. The maximum atomic E-state index is 14.4. The van der Waals surface area contributed by atoms with E-state index >= 15 is 0 Å². The number of aryl methyl sites for hydroxylation is 1. The van der Waals surface area contributed by atoms with Gasteiger partial charge >= 0.3 is 0 Å². The Morgan fingerprint density at radius 1 is 0.795 bits per heavy atom. The average molecular weight is 616 g/mol. The number of carbonyl (C=O) groups excluding carboxylic acids is 2. The van der Waals surface area contributed by atoms with E-state index in [0.29, 0.717) is 0 Å². The highest BCUT2D eigenvalue weighted by atomic mass is 32.2.